The highest BCUT2D eigenvalue weighted by Crippen LogP contribution is 2.20. The van der Waals surface area contributed by atoms with E-state index in [0.29, 0.717) is 11.4 Å². The van der Waals surface area contributed by atoms with E-state index >= 15 is 0 Å². The van der Waals surface area contributed by atoms with Gasteiger partial charge in [-0.2, -0.15) is 5.10 Å². The molecule has 0 bridgehead atoms. The Kier molecular flexibility index (Phi) is 2.57. The van der Waals surface area contributed by atoms with Crippen molar-refractivity contribution in [1.82, 2.24) is 10.2 Å². The molecule has 7 nitrogen and oxygen atoms in total. The van der Waals surface area contributed by atoms with Crippen molar-refractivity contribution in [2.45, 2.75) is 0 Å². The predicted molar refractivity (Wildman–Crippen MR) is 68.7 cm³/mol. The molecule has 0 aliphatic rings. The standard InChI is InChI=1S/C12H8N4O3/c17-16(18)12-4-3-10(19-12)7-13-9-2-1-8-6-14-15-11(8)5-9/h1-7H,(H,14,15). The van der Waals surface area contributed by atoms with E-state index in [1.807, 2.05) is 18.2 Å². The van der Waals surface area contributed by atoms with Gasteiger partial charge in [0.15, 0.2) is 5.76 Å². The van der Waals surface area contributed by atoms with Crippen molar-refractivity contribution in [3.8, 4) is 0 Å². The van der Waals surface area contributed by atoms with Crippen LogP contribution in [0.5, 0.6) is 0 Å². The van der Waals surface area contributed by atoms with Gasteiger partial charge in [0.05, 0.1) is 29.7 Å². The van der Waals surface area contributed by atoms with Crippen LogP contribution in [0.15, 0.2) is 45.9 Å². The van der Waals surface area contributed by atoms with E-state index in [1.165, 1.54) is 18.3 Å². The Morgan fingerprint density at radius 2 is 2.26 bits per heavy atom. The molecule has 19 heavy (non-hydrogen) atoms. The number of hydrogen-bond acceptors (Lipinski definition) is 5. The van der Waals surface area contributed by atoms with Gasteiger partial charge in [0.2, 0.25) is 0 Å². The van der Waals surface area contributed by atoms with Crippen LogP contribution in [0.3, 0.4) is 0 Å². The van der Waals surface area contributed by atoms with Gasteiger partial charge in [0.1, 0.15) is 4.92 Å². The first kappa shape index (κ1) is 11.1. The Morgan fingerprint density at radius 1 is 1.37 bits per heavy atom. The number of benzene rings is 1. The highest BCUT2D eigenvalue weighted by atomic mass is 16.6. The first-order valence-corrected chi connectivity index (χ1v) is 5.44. The summed E-state index contributed by atoms with van der Waals surface area (Å²) < 4.78 is 4.97. The van der Waals surface area contributed by atoms with Crippen molar-refractivity contribution in [2.24, 2.45) is 4.99 Å². The zero-order valence-electron chi connectivity index (χ0n) is 9.61. The average Bonchev–Trinajstić information content (AvgIpc) is 3.04. The molecule has 7 heteroatoms. The minimum absolute atomic E-state index is 0.300. The second-order valence-electron chi connectivity index (χ2n) is 3.83. The van der Waals surface area contributed by atoms with Crippen molar-refractivity contribution in [1.29, 1.82) is 0 Å². The van der Waals surface area contributed by atoms with Gasteiger partial charge in [-0.05, 0) is 24.3 Å². The summed E-state index contributed by atoms with van der Waals surface area (Å²) in [5.41, 5.74) is 1.58. The minimum Gasteiger partial charge on any atom is -0.400 e. The average molecular weight is 256 g/mol. The first-order chi connectivity index (χ1) is 9.22. The van der Waals surface area contributed by atoms with Gasteiger partial charge in [-0.3, -0.25) is 20.2 Å². The van der Waals surface area contributed by atoms with E-state index < -0.39 is 4.92 Å². The number of aliphatic imine (C=N–C) groups is 1. The molecule has 0 radical (unpaired) electrons. The molecule has 0 unspecified atom stereocenters. The number of furan rings is 1. The molecule has 3 rings (SSSR count). The fraction of sp³-hybridized carbons (Fsp3) is 0. The molecule has 0 atom stereocenters. The number of nitro groups is 1. The quantitative estimate of drug-likeness (QED) is 0.442. The summed E-state index contributed by atoms with van der Waals surface area (Å²) >= 11 is 0. The van der Waals surface area contributed by atoms with E-state index in [4.69, 9.17) is 4.42 Å². The molecule has 0 fully saturated rings. The number of aromatic nitrogens is 2. The Morgan fingerprint density at radius 3 is 3.05 bits per heavy atom. The summed E-state index contributed by atoms with van der Waals surface area (Å²) in [5, 5.41) is 18.2. The van der Waals surface area contributed by atoms with Crippen molar-refractivity contribution in [2.75, 3.05) is 0 Å². The molecule has 0 amide bonds. The van der Waals surface area contributed by atoms with Crippen LogP contribution in [0.1, 0.15) is 5.76 Å². The number of rotatable bonds is 3. The summed E-state index contributed by atoms with van der Waals surface area (Å²) in [6.07, 6.45) is 3.16. The highest BCUT2D eigenvalue weighted by molar-refractivity contribution is 5.84. The number of nitrogens with zero attached hydrogens (tertiary/aromatic N) is 3. The zero-order valence-corrected chi connectivity index (χ0v) is 9.61. The van der Waals surface area contributed by atoms with E-state index in [2.05, 4.69) is 15.2 Å². The van der Waals surface area contributed by atoms with Crippen LogP contribution >= 0.6 is 0 Å². The smallest absolute Gasteiger partial charge is 0.400 e. The topological polar surface area (TPSA) is 97.3 Å². The van der Waals surface area contributed by atoms with Crippen molar-refractivity contribution >= 4 is 28.7 Å². The molecule has 2 heterocycles. The maximum Gasteiger partial charge on any atom is 0.433 e. The van der Waals surface area contributed by atoms with E-state index in [1.54, 1.807) is 6.20 Å². The van der Waals surface area contributed by atoms with Gasteiger partial charge < -0.3 is 4.42 Å². The van der Waals surface area contributed by atoms with Crippen LogP contribution in [-0.2, 0) is 0 Å². The Bertz CT molecular complexity index is 772. The molecule has 0 saturated heterocycles. The third-order valence-electron chi connectivity index (χ3n) is 2.56. The third-order valence-corrected chi connectivity index (χ3v) is 2.56. The number of hydrogen-bond donors (Lipinski definition) is 1. The SMILES string of the molecule is O=[N+]([O-])c1ccc(C=Nc2ccc3cn[nH]c3c2)o1. The molecule has 0 spiro atoms. The Balaban J connectivity index is 1.86. The zero-order chi connectivity index (χ0) is 13.2. The Labute approximate surface area is 106 Å². The van der Waals surface area contributed by atoms with E-state index in [9.17, 15) is 10.1 Å². The lowest BCUT2D eigenvalue weighted by atomic mass is 10.2. The van der Waals surface area contributed by atoms with Gasteiger partial charge in [-0.25, -0.2) is 0 Å². The molecule has 94 valence electrons. The van der Waals surface area contributed by atoms with Gasteiger partial charge in [0, 0.05) is 5.39 Å². The van der Waals surface area contributed by atoms with Gasteiger partial charge in [-0.15, -0.1) is 0 Å². The minimum atomic E-state index is -0.589. The second kappa shape index (κ2) is 4.37. The largest absolute Gasteiger partial charge is 0.433 e. The van der Waals surface area contributed by atoms with E-state index in [-0.39, 0.29) is 5.88 Å². The second-order valence-corrected chi connectivity index (χ2v) is 3.83. The number of aromatic amines is 1. The highest BCUT2D eigenvalue weighted by Gasteiger charge is 2.10. The number of fused-ring (bicyclic) bond motifs is 1. The molecule has 1 N–H and O–H groups in total. The number of H-pyrrole nitrogens is 1. The maximum atomic E-state index is 10.5. The molecule has 0 saturated carbocycles. The van der Waals surface area contributed by atoms with Crippen molar-refractivity contribution in [3.63, 3.8) is 0 Å². The van der Waals surface area contributed by atoms with Crippen LogP contribution in [0.25, 0.3) is 10.9 Å². The summed E-state index contributed by atoms with van der Waals surface area (Å²) in [4.78, 5) is 14.1. The van der Waals surface area contributed by atoms with E-state index in [0.717, 1.165) is 10.9 Å². The predicted octanol–water partition coefficient (Wildman–Crippen LogP) is 2.81. The normalized spacial score (nSPS) is 11.4. The molecule has 3 aromatic rings. The lowest BCUT2D eigenvalue weighted by Crippen LogP contribution is -1.83. The van der Waals surface area contributed by atoms with Gasteiger partial charge >= 0.3 is 5.88 Å². The van der Waals surface area contributed by atoms with Crippen LogP contribution in [0.4, 0.5) is 11.6 Å². The summed E-state index contributed by atoms with van der Waals surface area (Å²) in [6.45, 7) is 0. The van der Waals surface area contributed by atoms with Crippen LogP contribution in [0.2, 0.25) is 0 Å². The molecular formula is C12H8N4O3. The van der Waals surface area contributed by atoms with Gasteiger partial charge in [0.25, 0.3) is 0 Å². The third kappa shape index (κ3) is 2.21. The molecular weight excluding hydrogens is 248 g/mol. The molecule has 1 aromatic carbocycles. The van der Waals surface area contributed by atoms with Crippen LogP contribution in [-0.4, -0.2) is 21.3 Å². The molecule has 2 aromatic heterocycles. The lowest BCUT2D eigenvalue weighted by molar-refractivity contribution is -0.402. The summed E-state index contributed by atoms with van der Waals surface area (Å²) in [7, 11) is 0. The fourth-order valence-electron chi connectivity index (χ4n) is 1.65. The fourth-order valence-corrected chi connectivity index (χ4v) is 1.65. The lowest BCUT2D eigenvalue weighted by Gasteiger charge is -1.92. The first-order valence-electron chi connectivity index (χ1n) is 5.44. The summed E-state index contributed by atoms with van der Waals surface area (Å²) in [6, 6.07) is 8.33. The monoisotopic (exact) mass is 256 g/mol. The van der Waals surface area contributed by atoms with Crippen LogP contribution in [0, 0.1) is 10.1 Å². The van der Waals surface area contributed by atoms with Gasteiger partial charge in [-0.1, -0.05) is 0 Å². The van der Waals surface area contributed by atoms with Crippen molar-refractivity contribution in [3.05, 3.63) is 52.4 Å². The number of nitrogens with one attached hydrogen (secondary N) is 1. The van der Waals surface area contributed by atoms with Crippen molar-refractivity contribution < 1.29 is 9.34 Å². The Hall–Kier alpha value is -2.96. The van der Waals surface area contributed by atoms with Crippen LogP contribution < -0.4 is 0 Å². The summed E-state index contributed by atoms with van der Waals surface area (Å²) in [5.74, 6) is 0.0295. The maximum absolute atomic E-state index is 10.5. The molecule has 0 aliphatic carbocycles. The molecule has 0 aliphatic heterocycles.